The molecule has 4 rings (SSSR count). The number of alkyl halides is 3. The molecule has 3 heterocycles. The number of hydrogen-bond donors (Lipinski definition) is 3. The van der Waals surface area contributed by atoms with Gasteiger partial charge in [-0.15, -0.1) is 0 Å². The molecule has 196 valence electrons. The van der Waals surface area contributed by atoms with E-state index in [0.29, 0.717) is 44.2 Å². The Balaban J connectivity index is 1.53. The average molecular weight is 508 g/mol. The second kappa shape index (κ2) is 11.3. The number of aliphatic hydroxyl groups excluding tert-OH is 1. The summed E-state index contributed by atoms with van der Waals surface area (Å²) in [6, 6.07) is 9.04. The highest BCUT2D eigenvalue weighted by atomic mass is 19.4. The number of urea groups is 1. The lowest BCUT2D eigenvalue weighted by molar-refractivity contribution is -0.143. The van der Waals surface area contributed by atoms with Crippen LogP contribution in [-0.2, 0) is 4.74 Å². The minimum atomic E-state index is -4.22. The van der Waals surface area contributed by atoms with E-state index in [2.05, 4.69) is 15.5 Å². The highest BCUT2D eigenvalue weighted by molar-refractivity contribution is 5.91. The summed E-state index contributed by atoms with van der Waals surface area (Å²) in [5.41, 5.74) is 3.35. The third-order valence-electron chi connectivity index (χ3n) is 6.46. The van der Waals surface area contributed by atoms with Gasteiger partial charge in [0.15, 0.2) is 0 Å². The number of aliphatic hydroxyl groups is 1. The zero-order chi connectivity index (χ0) is 25.7. The van der Waals surface area contributed by atoms with Crippen LogP contribution in [0.3, 0.4) is 0 Å². The van der Waals surface area contributed by atoms with Crippen LogP contribution in [0.2, 0.25) is 0 Å². The molecule has 11 heteroatoms. The average Bonchev–Trinajstić information content (AvgIpc) is 3.31. The van der Waals surface area contributed by atoms with Crippen molar-refractivity contribution in [3.8, 4) is 11.1 Å². The minimum absolute atomic E-state index is 0.0281. The number of nitrogens with zero attached hydrogens (tertiary/aromatic N) is 3. The molecule has 0 aliphatic carbocycles. The number of pyridine rings is 1. The molecule has 0 saturated carbocycles. The Morgan fingerprint density at radius 3 is 2.69 bits per heavy atom. The number of likely N-dealkylation sites (tertiary alicyclic amines) is 1. The van der Waals surface area contributed by atoms with Gasteiger partial charge < -0.3 is 30.3 Å². The van der Waals surface area contributed by atoms with Crippen LogP contribution in [0, 0.1) is 12.8 Å². The predicted molar refractivity (Wildman–Crippen MR) is 132 cm³/mol. The topological polar surface area (TPSA) is 90.0 Å². The van der Waals surface area contributed by atoms with Gasteiger partial charge in [-0.2, -0.15) is 13.2 Å². The van der Waals surface area contributed by atoms with E-state index in [-0.39, 0.29) is 13.2 Å². The van der Waals surface area contributed by atoms with Crippen molar-refractivity contribution in [3.05, 3.63) is 35.9 Å². The molecule has 0 radical (unpaired) electrons. The fourth-order valence-corrected chi connectivity index (χ4v) is 4.62. The van der Waals surface area contributed by atoms with Crippen LogP contribution in [0.25, 0.3) is 11.1 Å². The summed E-state index contributed by atoms with van der Waals surface area (Å²) in [5.74, 6) is 0.854. The zero-order valence-electron chi connectivity index (χ0n) is 20.3. The SMILES string of the molecule is Cc1ccc(NC(=O)N2CCC(CC(F)(F)F)C2)cc1-c1cc(NCCO)nc(N2CCOCC2)c1. The first-order chi connectivity index (χ1) is 17.2. The molecule has 2 aromatic rings. The molecule has 3 N–H and O–H groups in total. The van der Waals surface area contributed by atoms with Crippen molar-refractivity contribution in [3.63, 3.8) is 0 Å². The Morgan fingerprint density at radius 2 is 1.97 bits per heavy atom. The molecule has 0 spiro atoms. The lowest BCUT2D eigenvalue weighted by Crippen LogP contribution is -2.36. The smallest absolute Gasteiger partial charge is 0.389 e. The molecule has 2 fully saturated rings. The molecular formula is C25H32F3N5O3. The van der Waals surface area contributed by atoms with Gasteiger partial charge >= 0.3 is 12.2 Å². The van der Waals surface area contributed by atoms with Crippen molar-refractivity contribution in [1.82, 2.24) is 9.88 Å². The van der Waals surface area contributed by atoms with E-state index >= 15 is 0 Å². The number of morpholine rings is 1. The second-order valence-electron chi connectivity index (χ2n) is 9.23. The lowest BCUT2D eigenvalue weighted by atomic mass is 10.00. The maximum Gasteiger partial charge on any atom is 0.389 e. The monoisotopic (exact) mass is 507 g/mol. The van der Waals surface area contributed by atoms with Crippen molar-refractivity contribution in [1.29, 1.82) is 0 Å². The quantitative estimate of drug-likeness (QED) is 0.523. The Hall–Kier alpha value is -3.05. The normalized spacial score (nSPS) is 18.4. The number of halogens is 3. The number of rotatable bonds is 7. The van der Waals surface area contributed by atoms with Crippen LogP contribution in [0.4, 0.5) is 35.3 Å². The van der Waals surface area contributed by atoms with Crippen molar-refractivity contribution in [2.75, 3.05) is 68.1 Å². The highest BCUT2D eigenvalue weighted by Gasteiger charge is 2.36. The van der Waals surface area contributed by atoms with E-state index in [4.69, 9.17) is 9.72 Å². The summed E-state index contributed by atoms with van der Waals surface area (Å²) in [4.78, 5) is 21.0. The van der Waals surface area contributed by atoms with E-state index in [1.165, 1.54) is 4.90 Å². The first-order valence-corrected chi connectivity index (χ1v) is 12.1. The lowest BCUT2D eigenvalue weighted by Gasteiger charge is -2.28. The molecule has 8 nitrogen and oxygen atoms in total. The summed E-state index contributed by atoms with van der Waals surface area (Å²) >= 11 is 0. The van der Waals surface area contributed by atoms with Gasteiger partial charge in [0, 0.05) is 44.8 Å². The van der Waals surface area contributed by atoms with Gasteiger partial charge in [-0.3, -0.25) is 0 Å². The summed E-state index contributed by atoms with van der Waals surface area (Å²) in [6.45, 7) is 5.37. The van der Waals surface area contributed by atoms with Crippen LogP contribution in [0.1, 0.15) is 18.4 Å². The third kappa shape index (κ3) is 6.79. The van der Waals surface area contributed by atoms with E-state index in [1.807, 2.05) is 31.2 Å². The van der Waals surface area contributed by atoms with Crippen LogP contribution in [0.15, 0.2) is 30.3 Å². The standard InChI is InChI=1S/C25H32F3N5O3/c1-17-2-3-20(30-24(35)33-6-4-18(16-33)15-25(26,27)28)14-21(17)19-12-22(29-5-9-34)31-23(13-19)32-7-10-36-11-8-32/h2-3,12-14,18,34H,4-11,15-16H2,1H3,(H,29,31)(H,30,35). The first kappa shape index (κ1) is 26.0. The minimum Gasteiger partial charge on any atom is -0.395 e. The van der Waals surface area contributed by atoms with E-state index in [1.54, 1.807) is 6.07 Å². The van der Waals surface area contributed by atoms with Crippen molar-refractivity contribution < 1.29 is 27.8 Å². The number of carbonyl (C=O) groups excluding carboxylic acids is 1. The number of benzene rings is 1. The van der Waals surface area contributed by atoms with Crippen LogP contribution in [-0.4, -0.2) is 79.7 Å². The maximum absolute atomic E-state index is 12.8. The fraction of sp³-hybridized carbons (Fsp3) is 0.520. The molecule has 1 aromatic heterocycles. The van der Waals surface area contributed by atoms with Crippen LogP contribution in [0.5, 0.6) is 0 Å². The number of ether oxygens (including phenoxy) is 1. The van der Waals surface area contributed by atoms with Crippen molar-refractivity contribution in [2.24, 2.45) is 5.92 Å². The third-order valence-corrected chi connectivity index (χ3v) is 6.46. The summed E-state index contributed by atoms with van der Waals surface area (Å²) in [7, 11) is 0. The first-order valence-electron chi connectivity index (χ1n) is 12.1. The fourth-order valence-electron chi connectivity index (χ4n) is 4.62. The van der Waals surface area contributed by atoms with Gasteiger partial charge in [0.1, 0.15) is 11.6 Å². The van der Waals surface area contributed by atoms with E-state index in [0.717, 1.165) is 35.6 Å². The number of aromatic nitrogens is 1. The Labute approximate surface area is 208 Å². The van der Waals surface area contributed by atoms with E-state index in [9.17, 15) is 23.1 Å². The molecule has 1 unspecified atom stereocenters. The van der Waals surface area contributed by atoms with Gasteiger partial charge in [0.05, 0.1) is 19.8 Å². The van der Waals surface area contributed by atoms with Gasteiger partial charge in [-0.1, -0.05) is 6.07 Å². The Kier molecular flexibility index (Phi) is 8.20. The van der Waals surface area contributed by atoms with Gasteiger partial charge in [0.25, 0.3) is 0 Å². The molecule has 2 saturated heterocycles. The number of aryl methyl sites for hydroxylation is 1. The largest absolute Gasteiger partial charge is 0.395 e. The molecule has 36 heavy (non-hydrogen) atoms. The van der Waals surface area contributed by atoms with Gasteiger partial charge in [0.2, 0.25) is 0 Å². The van der Waals surface area contributed by atoms with Gasteiger partial charge in [-0.05, 0) is 60.2 Å². The summed E-state index contributed by atoms with van der Waals surface area (Å²) < 4.78 is 43.6. The molecule has 2 amide bonds. The Bertz CT molecular complexity index is 1060. The van der Waals surface area contributed by atoms with Crippen LogP contribution < -0.4 is 15.5 Å². The number of amides is 2. The van der Waals surface area contributed by atoms with Crippen molar-refractivity contribution in [2.45, 2.75) is 25.9 Å². The van der Waals surface area contributed by atoms with E-state index < -0.39 is 24.5 Å². The van der Waals surface area contributed by atoms with Crippen molar-refractivity contribution >= 4 is 23.4 Å². The highest BCUT2D eigenvalue weighted by Crippen LogP contribution is 2.33. The molecular weight excluding hydrogens is 475 g/mol. The second-order valence-corrected chi connectivity index (χ2v) is 9.23. The molecule has 2 aliphatic heterocycles. The summed E-state index contributed by atoms with van der Waals surface area (Å²) in [6.07, 6.45) is -4.75. The number of hydrogen-bond acceptors (Lipinski definition) is 6. The number of nitrogens with one attached hydrogen (secondary N) is 2. The number of carbonyl (C=O) groups is 1. The number of anilines is 3. The summed E-state index contributed by atoms with van der Waals surface area (Å²) in [5, 5.41) is 15.2. The molecule has 0 bridgehead atoms. The van der Waals surface area contributed by atoms with Crippen LogP contribution >= 0.6 is 0 Å². The molecule has 1 atom stereocenters. The Morgan fingerprint density at radius 1 is 1.19 bits per heavy atom. The maximum atomic E-state index is 12.8. The predicted octanol–water partition coefficient (Wildman–Crippen LogP) is 4.10. The zero-order valence-corrected chi connectivity index (χ0v) is 20.3. The molecule has 1 aromatic carbocycles. The van der Waals surface area contributed by atoms with Gasteiger partial charge in [-0.25, -0.2) is 9.78 Å². The molecule has 2 aliphatic rings.